The molecule has 0 fully saturated rings. The van der Waals surface area contributed by atoms with E-state index in [9.17, 15) is 0 Å². The zero-order valence-electron chi connectivity index (χ0n) is 11.1. The number of nitrogens with zero attached hydrogens (tertiary/aromatic N) is 1. The SMILES string of the molecule is C[C@H](NCc1c(Cl)oc2ccccc12)c1ccccn1. The van der Waals surface area contributed by atoms with Crippen LogP contribution in [-0.4, -0.2) is 4.98 Å². The van der Waals surface area contributed by atoms with Gasteiger partial charge in [-0.05, 0) is 36.7 Å². The molecular formula is C16H15ClN2O. The van der Waals surface area contributed by atoms with Crippen molar-refractivity contribution in [2.75, 3.05) is 0 Å². The number of hydrogen-bond donors (Lipinski definition) is 1. The fraction of sp³-hybridized carbons (Fsp3) is 0.188. The predicted molar refractivity (Wildman–Crippen MR) is 80.7 cm³/mol. The lowest BCUT2D eigenvalue weighted by molar-refractivity contribution is 0.553. The highest BCUT2D eigenvalue weighted by Gasteiger charge is 2.13. The molecule has 102 valence electrons. The molecule has 0 spiro atoms. The molecule has 3 rings (SSSR count). The lowest BCUT2D eigenvalue weighted by Gasteiger charge is -2.12. The Hall–Kier alpha value is -1.84. The van der Waals surface area contributed by atoms with Crippen molar-refractivity contribution in [1.82, 2.24) is 10.3 Å². The molecule has 0 saturated carbocycles. The number of para-hydroxylation sites is 1. The molecule has 0 amide bonds. The van der Waals surface area contributed by atoms with Crippen molar-refractivity contribution in [3.63, 3.8) is 0 Å². The Morgan fingerprint density at radius 1 is 1.20 bits per heavy atom. The molecule has 4 heteroatoms. The Balaban J connectivity index is 1.79. The molecule has 0 unspecified atom stereocenters. The van der Waals surface area contributed by atoms with E-state index in [1.807, 2.05) is 42.5 Å². The summed E-state index contributed by atoms with van der Waals surface area (Å²) in [4.78, 5) is 4.34. The molecule has 0 radical (unpaired) electrons. The summed E-state index contributed by atoms with van der Waals surface area (Å²) in [5.41, 5.74) is 2.82. The Labute approximate surface area is 122 Å². The van der Waals surface area contributed by atoms with E-state index in [2.05, 4.69) is 17.2 Å². The van der Waals surface area contributed by atoms with Crippen LogP contribution in [0, 0.1) is 0 Å². The largest absolute Gasteiger partial charge is 0.444 e. The van der Waals surface area contributed by atoms with Crippen molar-refractivity contribution < 1.29 is 4.42 Å². The Morgan fingerprint density at radius 2 is 2.00 bits per heavy atom. The average molecular weight is 287 g/mol. The van der Waals surface area contributed by atoms with Crippen LogP contribution in [-0.2, 0) is 6.54 Å². The Kier molecular flexibility index (Phi) is 3.72. The summed E-state index contributed by atoms with van der Waals surface area (Å²) in [6.07, 6.45) is 1.80. The highest BCUT2D eigenvalue weighted by molar-refractivity contribution is 6.30. The van der Waals surface area contributed by atoms with Gasteiger partial charge in [0.15, 0.2) is 5.22 Å². The minimum Gasteiger partial charge on any atom is -0.444 e. The number of pyridine rings is 1. The maximum Gasteiger partial charge on any atom is 0.199 e. The van der Waals surface area contributed by atoms with Gasteiger partial charge in [0.2, 0.25) is 0 Å². The first-order valence-corrected chi connectivity index (χ1v) is 6.93. The molecule has 20 heavy (non-hydrogen) atoms. The molecule has 2 heterocycles. The van der Waals surface area contributed by atoms with E-state index in [4.69, 9.17) is 16.0 Å². The Bertz CT molecular complexity index is 709. The van der Waals surface area contributed by atoms with Gasteiger partial charge in [0.25, 0.3) is 0 Å². The van der Waals surface area contributed by atoms with Gasteiger partial charge in [-0.25, -0.2) is 0 Å². The molecule has 0 aliphatic rings. The normalized spacial score (nSPS) is 12.7. The smallest absolute Gasteiger partial charge is 0.199 e. The van der Waals surface area contributed by atoms with Gasteiger partial charge in [0.1, 0.15) is 5.58 Å². The molecule has 3 aromatic rings. The van der Waals surface area contributed by atoms with E-state index >= 15 is 0 Å². The lowest BCUT2D eigenvalue weighted by Crippen LogP contribution is -2.18. The quantitative estimate of drug-likeness (QED) is 0.775. The van der Waals surface area contributed by atoms with Gasteiger partial charge in [0, 0.05) is 29.7 Å². The van der Waals surface area contributed by atoms with Crippen molar-refractivity contribution in [1.29, 1.82) is 0 Å². The summed E-state index contributed by atoms with van der Waals surface area (Å²) in [6, 6.07) is 13.9. The second-order valence-electron chi connectivity index (χ2n) is 4.71. The van der Waals surface area contributed by atoms with Gasteiger partial charge in [-0.2, -0.15) is 0 Å². The second kappa shape index (κ2) is 5.65. The highest BCUT2D eigenvalue weighted by atomic mass is 35.5. The van der Waals surface area contributed by atoms with E-state index < -0.39 is 0 Å². The van der Waals surface area contributed by atoms with Crippen LogP contribution in [0.4, 0.5) is 0 Å². The Morgan fingerprint density at radius 3 is 2.80 bits per heavy atom. The van der Waals surface area contributed by atoms with Crippen LogP contribution in [0.25, 0.3) is 11.0 Å². The van der Waals surface area contributed by atoms with Crippen molar-refractivity contribution in [2.24, 2.45) is 0 Å². The zero-order valence-corrected chi connectivity index (χ0v) is 11.9. The van der Waals surface area contributed by atoms with Crippen molar-refractivity contribution in [3.05, 3.63) is 65.1 Å². The van der Waals surface area contributed by atoms with Crippen molar-refractivity contribution in [2.45, 2.75) is 19.5 Å². The van der Waals surface area contributed by atoms with E-state index in [0.717, 1.165) is 22.2 Å². The van der Waals surface area contributed by atoms with Gasteiger partial charge in [-0.15, -0.1) is 0 Å². The first-order chi connectivity index (χ1) is 9.75. The monoisotopic (exact) mass is 286 g/mol. The van der Waals surface area contributed by atoms with Crippen LogP contribution in [0.1, 0.15) is 24.2 Å². The third-order valence-corrected chi connectivity index (χ3v) is 3.67. The van der Waals surface area contributed by atoms with Gasteiger partial charge < -0.3 is 9.73 Å². The second-order valence-corrected chi connectivity index (χ2v) is 5.05. The number of furan rings is 1. The molecule has 0 aliphatic heterocycles. The lowest BCUT2D eigenvalue weighted by atomic mass is 10.1. The van der Waals surface area contributed by atoms with Crippen LogP contribution >= 0.6 is 11.6 Å². The molecule has 2 aromatic heterocycles. The summed E-state index contributed by atoms with van der Waals surface area (Å²) in [7, 11) is 0. The molecule has 3 nitrogen and oxygen atoms in total. The number of halogens is 1. The van der Waals surface area contributed by atoms with Crippen LogP contribution in [0.3, 0.4) is 0 Å². The van der Waals surface area contributed by atoms with Gasteiger partial charge >= 0.3 is 0 Å². The van der Waals surface area contributed by atoms with Crippen LogP contribution in [0.5, 0.6) is 0 Å². The molecule has 1 atom stereocenters. The standard InChI is InChI=1S/C16H15ClN2O/c1-11(14-7-4-5-9-18-14)19-10-13-12-6-2-3-8-15(12)20-16(13)17/h2-9,11,19H,10H2,1H3/t11-/m0/s1. The number of benzene rings is 1. The third-order valence-electron chi connectivity index (χ3n) is 3.37. The summed E-state index contributed by atoms with van der Waals surface area (Å²) in [5.74, 6) is 0. The van der Waals surface area contributed by atoms with E-state index in [0.29, 0.717) is 11.8 Å². The number of fused-ring (bicyclic) bond motifs is 1. The van der Waals surface area contributed by atoms with E-state index in [1.165, 1.54) is 0 Å². The minimum absolute atomic E-state index is 0.154. The highest BCUT2D eigenvalue weighted by Crippen LogP contribution is 2.29. The fourth-order valence-corrected chi connectivity index (χ4v) is 2.48. The molecule has 0 saturated heterocycles. The minimum atomic E-state index is 0.154. The van der Waals surface area contributed by atoms with Crippen LogP contribution < -0.4 is 5.32 Å². The summed E-state index contributed by atoms with van der Waals surface area (Å²) in [5, 5.41) is 4.93. The topological polar surface area (TPSA) is 38.1 Å². The first-order valence-electron chi connectivity index (χ1n) is 6.56. The zero-order chi connectivity index (χ0) is 13.9. The van der Waals surface area contributed by atoms with E-state index in [-0.39, 0.29) is 6.04 Å². The molecule has 0 bridgehead atoms. The maximum atomic E-state index is 6.17. The fourth-order valence-electron chi connectivity index (χ4n) is 2.23. The summed E-state index contributed by atoms with van der Waals surface area (Å²) < 4.78 is 5.55. The van der Waals surface area contributed by atoms with E-state index in [1.54, 1.807) is 6.20 Å². The third kappa shape index (κ3) is 2.55. The molecular weight excluding hydrogens is 272 g/mol. The van der Waals surface area contributed by atoms with Gasteiger partial charge in [-0.3, -0.25) is 4.98 Å². The molecule has 1 aromatic carbocycles. The number of aromatic nitrogens is 1. The number of hydrogen-bond acceptors (Lipinski definition) is 3. The molecule has 1 N–H and O–H groups in total. The maximum absolute atomic E-state index is 6.17. The average Bonchev–Trinajstić information content (AvgIpc) is 2.81. The summed E-state index contributed by atoms with van der Waals surface area (Å²) >= 11 is 6.17. The van der Waals surface area contributed by atoms with Gasteiger partial charge in [-0.1, -0.05) is 24.3 Å². The molecule has 0 aliphatic carbocycles. The first kappa shape index (κ1) is 13.2. The summed E-state index contributed by atoms with van der Waals surface area (Å²) in [6.45, 7) is 2.73. The van der Waals surface area contributed by atoms with Crippen molar-refractivity contribution in [3.8, 4) is 0 Å². The van der Waals surface area contributed by atoms with Crippen LogP contribution in [0.2, 0.25) is 5.22 Å². The van der Waals surface area contributed by atoms with Crippen molar-refractivity contribution >= 4 is 22.6 Å². The predicted octanol–water partition coefficient (Wildman–Crippen LogP) is 4.33. The number of rotatable bonds is 4. The van der Waals surface area contributed by atoms with Gasteiger partial charge in [0.05, 0.1) is 5.69 Å². The number of nitrogens with one attached hydrogen (secondary N) is 1. The van der Waals surface area contributed by atoms with Crippen LogP contribution in [0.15, 0.2) is 53.1 Å².